The van der Waals surface area contributed by atoms with Gasteiger partial charge in [-0.15, -0.1) is 0 Å². The molecule has 2 aliphatic rings. The summed E-state index contributed by atoms with van der Waals surface area (Å²) in [4.78, 5) is 6.33. The van der Waals surface area contributed by atoms with Crippen molar-refractivity contribution < 1.29 is 22.6 Å². The largest absolute Gasteiger partial charge is 0.491 e. The lowest BCUT2D eigenvalue weighted by molar-refractivity contribution is -0.174. The zero-order valence-electron chi connectivity index (χ0n) is 17.5. The normalized spacial score (nSPS) is 22.7. The number of rotatable bonds is 7. The van der Waals surface area contributed by atoms with Gasteiger partial charge in [0.25, 0.3) is 0 Å². The van der Waals surface area contributed by atoms with Gasteiger partial charge in [0, 0.05) is 19.7 Å². The zero-order chi connectivity index (χ0) is 21.8. The smallest absolute Gasteiger partial charge is 0.411 e. The highest BCUT2D eigenvalue weighted by Crippen LogP contribution is 2.41. The fraction of sp³-hybridized carbons (Fsp3) is 0.619. The predicted octanol–water partition coefficient (Wildman–Crippen LogP) is 3.50. The van der Waals surface area contributed by atoms with Gasteiger partial charge in [-0.2, -0.15) is 23.3 Å². The molecule has 1 fully saturated rings. The molecule has 31 heavy (non-hydrogen) atoms. The molecule has 2 aromatic rings. The lowest BCUT2D eigenvalue weighted by Gasteiger charge is -2.40. The molecule has 1 aromatic heterocycles. The summed E-state index contributed by atoms with van der Waals surface area (Å²) in [6, 6.07) is 6.14. The van der Waals surface area contributed by atoms with E-state index in [0.717, 1.165) is 48.5 Å². The minimum Gasteiger partial charge on any atom is -0.491 e. The molecule has 7 nitrogen and oxygen atoms in total. The van der Waals surface area contributed by atoms with Crippen molar-refractivity contribution in [3.63, 3.8) is 0 Å². The third-order valence-electron chi connectivity index (χ3n) is 6.10. The van der Waals surface area contributed by atoms with Gasteiger partial charge in [0.1, 0.15) is 18.7 Å². The van der Waals surface area contributed by atoms with E-state index in [1.807, 2.05) is 18.2 Å². The predicted molar refractivity (Wildman–Crippen MR) is 109 cm³/mol. The maximum atomic E-state index is 13.5. The van der Waals surface area contributed by atoms with Crippen molar-refractivity contribution in [1.82, 2.24) is 19.7 Å². The number of hydrogen-bond acceptors (Lipinski definition) is 6. The number of anilines is 1. The molecule has 4 rings (SSSR count). The van der Waals surface area contributed by atoms with Crippen LogP contribution in [0, 0.1) is 5.92 Å². The average molecular weight is 439 g/mol. The van der Waals surface area contributed by atoms with Crippen LogP contribution in [0.1, 0.15) is 30.9 Å². The first-order valence-electron chi connectivity index (χ1n) is 10.6. The van der Waals surface area contributed by atoms with Crippen LogP contribution >= 0.6 is 0 Å². The maximum Gasteiger partial charge on any atom is 0.411 e. The molecule has 1 aromatic carbocycles. The van der Waals surface area contributed by atoms with Crippen molar-refractivity contribution in [2.45, 2.75) is 44.1 Å². The van der Waals surface area contributed by atoms with Crippen molar-refractivity contribution in [2.24, 2.45) is 5.92 Å². The maximum absolute atomic E-state index is 13.5. The summed E-state index contributed by atoms with van der Waals surface area (Å²) in [6.07, 6.45) is -1.47. The molecule has 2 atom stereocenters. The van der Waals surface area contributed by atoms with Crippen molar-refractivity contribution in [2.75, 3.05) is 38.7 Å². The third-order valence-corrected chi connectivity index (χ3v) is 6.10. The number of benzene rings is 1. The molecule has 0 bridgehead atoms. The van der Waals surface area contributed by atoms with Crippen LogP contribution in [0.25, 0.3) is 0 Å². The summed E-state index contributed by atoms with van der Waals surface area (Å²) in [5.74, 6) is 1.21. The molecule has 3 heterocycles. The third kappa shape index (κ3) is 5.30. The highest BCUT2D eigenvalue weighted by atomic mass is 19.4. The van der Waals surface area contributed by atoms with Crippen molar-refractivity contribution in [3.05, 3.63) is 36.2 Å². The number of piperidine rings is 1. The average Bonchev–Trinajstić information content (AvgIpc) is 3.22. The fourth-order valence-corrected chi connectivity index (χ4v) is 4.48. The van der Waals surface area contributed by atoms with E-state index in [9.17, 15) is 13.2 Å². The van der Waals surface area contributed by atoms with E-state index in [1.54, 1.807) is 7.11 Å². The van der Waals surface area contributed by atoms with Crippen LogP contribution in [-0.4, -0.2) is 65.3 Å². The van der Waals surface area contributed by atoms with E-state index in [1.165, 1.54) is 6.33 Å². The summed E-state index contributed by atoms with van der Waals surface area (Å²) in [5.41, 5.74) is 1.16. The van der Waals surface area contributed by atoms with Crippen LogP contribution in [-0.2, 0) is 11.3 Å². The van der Waals surface area contributed by atoms with Crippen LogP contribution in [0.5, 0.6) is 5.75 Å². The molecule has 10 heteroatoms. The van der Waals surface area contributed by atoms with E-state index in [0.29, 0.717) is 13.2 Å². The Kier molecular flexibility index (Phi) is 6.66. The second kappa shape index (κ2) is 9.44. The van der Waals surface area contributed by atoms with Crippen LogP contribution in [0.3, 0.4) is 0 Å². The van der Waals surface area contributed by atoms with Crippen LogP contribution < -0.4 is 10.1 Å². The molecule has 0 aliphatic carbocycles. The fourth-order valence-electron chi connectivity index (χ4n) is 4.48. The van der Waals surface area contributed by atoms with Gasteiger partial charge < -0.3 is 14.8 Å². The summed E-state index contributed by atoms with van der Waals surface area (Å²) >= 11 is 0. The number of hydrogen-bond donors (Lipinski definition) is 1. The van der Waals surface area contributed by atoms with E-state index in [-0.39, 0.29) is 24.3 Å². The molecule has 0 amide bonds. The Morgan fingerprint density at radius 2 is 2.00 bits per heavy atom. The Morgan fingerprint density at radius 1 is 1.19 bits per heavy atom. The van der Waals surface area contributed by atoms with E-state index >= 15 is 0 Å². The van der Waals surface area contributed by atoms with Gasteiger partial charge in [-0.3, -0.25) is 4.90 Å². The van der Waals surface area contributed by atoms with Gasteiger partial charge in [0.15, 0.2) is 6.04 Å². The second-order valence-electron chi connectivity index (χ2n) is 8.17. The SMILES string of the molecule is COCCOc1cccc(CN2CCC([C@@H]3C[C@H](C(F)(F)F)n4ncnc4N3)CC2)c1. The van der Waals surface area contributed by atoms with Crippen molar-refractivity contribution in [3.8, 4) is 5.75 Å². The minimum atomic E-state index is -4.33. The molecule has 170 valence electrons. The van der Waals surface area contributed by atoms with Crippen LogP contribution in [0.15, 0.2) is 30.6 Å². The van der Waals surface area contributed by atoms with Crippen LogP contribution in [0.4, 0.5) is 19.1 Å². The summed E-state index contributed by atoms with van der Waals surface area (Å²) in [6.45, 7) is 3.54. The number of likely N-dealkylation sites (tertiary alicyclic amines) is 1. The quantitative estimate of drug-likeness (QED) is 0.667. The summed E-state index contributed by atoms with van der Waals surface area (Å²) in [5, 5.41) is 6.96. The Labute approximate surface area is 179 Å². The first-order chi connectivity index (χ1) is 14.9. The zero-order valence-corrected chi connectivity index (χ0v) is 17.5. The van der Waals surface area contributed by atoms with Crippen LogP contribution in [0.2, 0.25) is 0 Å². The van der Waals surface area contributed by atoms with Crippen molar-refractivity contribution >= 4 is 5.95 Å². The number of fused-ring (bicyclic) bond motifs is 1. The van der Waals surface area contributed by atoms with Gasteiger partial charge in [-0.25, -0.2) is 4.68 Å². The molecular formula is C21H28F3N5O2. The standard InChI is InChI=1S/C21H28F3N5O2/c1-30-9-10-31-17-4-2-3-15(11-17)13-28-7-5-16(6-8-28)18-12-19(21(22,23)24)29-20(27-18)25-14-26-29/h2-4,11,14,16,18-19H,5-10,12-13H2,1H3,(H,25,26,27)/t18-,19+/m0/s1. The minimum absolute atomic E-state index is 0.00855. The molecule has 0 saturated carbocycles. The first-order valence-corrected chi connectivity index (χ1v) is 10.6. The lowest BCUT2D eigenvalue weighted by atomic mass is 9.85. The molecule has 1 N–H and O–H groups in total. The molecule has 0 spiro atoms. The number of halogens is 3. The van der Waals surface area contributed by atoms with Gasteiger partial charge in [-0.1, -0.05) is 12.1 Å². The Balaban J connectivity index is 1.32. The topological polar surface area (TPSA) is 64.4 Å². The summed E-state index contributed by atoms with van der Waals surface area (Å²) in [7, 11) is 1.64. The Morgan fingerprint density at radius 3 is 2.74 bits per heavy atom. The van der Waals surface area contributed by atoms with E-state index in [4.69, 9.17) is 9.47 Å². The molecule has 0 unspecified atom stereocenters. The second-order valence-corrected chi connectivity index (χ2v) is 8.17. The van der Waals surface area contributed by atoms with Gasteiger partial charge in [0.05, 0.1) is 6.61 Å². The molecule has 2 aliphatic heterocycles. The van der Waals surface area contributed by atoms with Gasteiger partial charge in [-0.05, 0) is 56.0 Å². The van der Waals surface area contributed by atoms with Crippen molar-refractivity contribution in [1.29, 1.82) is 0 Å². The number of alkyl halides is 3. The Hall–Kier alpha value is -2.33. The molecule has 1 saturated heterocycles. The molecule has 0 radical (unpaired) electrons. The lowest BCUT2D eigenvalue weighted by Crippen LogP contribution is -2.46. The monoisotopic (exact) mass is 439 g/mol. The van der Waals surface area contributed by atoms with Gasteiger partial charge >= 0.3 is 6.18 Å². The highest BCUT2D eigenvalue weighted by Gasteiger charge is 2.47. The number of nitrogens with zero attached hydrogens (tertiary/aromatic N) is 4. The van der Waals surface area contributed by atoms with E-state index < -0.39 is 12.2 Å². The van der Waals surface area contributed by atoms with Gasteiger partial charge in [0.2, 0.25) is 5.95 Å². The highest BCUT2D eigenvalue weighted by molar-refractivity contribution is 5.30. The summed E-state index contributed by atoms with van der Waals surface area (Å²) < 4.78 is 52.2. The Bertz CT molecular complexity index is 852. The first kappa shape index (κ1) is 21.9. The number of ether oxygens (including phenoxy) is 2. The molecular weight excluding hydrogens is 411 g/mol. The number of aromatic nitrogens is 3. The number of nitrogens with one attached hydrogen (secondary N) is 1. The van der Waals surface area contributed by atoms with E-state index in [2.05, 4.69) is 26.4 Å². The number of methoxy groups -OCH3 is 1.